The zero-order valence-electron chi connectivity index (χ0n) is 7.56. The summed E-state index contributed by atoms with van der Waals surface area (Å²) in [6.45, 7) is 2.05. The third-order valence-electron chi connectivity index (χ3n) is 1.86. The van der Waals surface area contributed by atoms with Crippen molar-refractivity contribution in [2.75, 3.05) is 5.88 Å². The number of alkyl halides is 1. The van der Waals surface area contributed by atoms with Crippen molar-refractivity contribution in [1.29, 1.82) is 0 Å². The minimum Gasteiger partial charge on any atom is -0.126 e. The summed E-state index contributed by atoms with van der Waals surface area (Å²) in [6, 6.07) is 7.83. The summed E-state index contributed by atoms with van der Waals surface area (Å²) >= 11 is 11.6. The topological polar surface area (TPSA) is 0 Å². The van der Waals surface area contributed by atoms with Gasteiger partial charge in [0.1, 0.15) is 0 Å². The van der Waals surface area contributed by atoms with Crippen LogP contribution in [0.3, 0.4) is 0 Å². The van der Waals surface area contributed by atoms with Crippen molar-refractivity contribution in [3.05, 3.63) is 40.9 Å². The molecule has 0 radical (unpaired) electrons. The van der Waals surface area contributed by atoms with Gasteiger partial charge in [0.2, 0.25) is 0 Å². The fourth-order valence-corrected chi connectivity index (χ4v) is 1.56. The van der Waals surface area contributed by atoms with Crippen LogP contribution in [0.4, 0.5) is 0 Å². The summed E-state index contributed by atoms with van der Waals surface area (Å²) in [7, 11) is 0. The molecule has 0 bridgehead atoms. The molecule has 2 heteroatoms. The summed E-state index contributed by atoms with van der Waals surface area (Å²) in [5, 5.41) is 0.797. The monoisotopic (exact) mass is 214 g/mol. The van der Waals surface area contributed by atoms with E-state index in [2.05, 4.69) is 6.08 Å². The molecule has 0 aliphatic heterocycles. The van der Waals surface area contributed by atoms with Crippen LogP contribution in [0.2, 0.25) is 5.02 Å². The number of allylic oxidation sites excluding steroid dienone is 2. The standard InChI is InChI=1S/C11H12Cl2/c1-9(5-4-8-12)10-6-2-3-7-11(10)13/h2-3,5-7H,4,8H2,1H3. The Morgan fingerprint density at radius 1 is 1.38 bits per heavy atom. The first-order valence-electron chi connectivity index (χ1n) is 4.23. The van der Waals surface area contributed by atoms with Gasteiger partial charge in [-0.2, -0.15) is 0 Å². The number of halogens is 2. The van der Waals surface area contributed by atoms with Crippen LogP contribution in [0, 0.1) is 0 Å². The van der Waals surface area contributed by atoms with Crippen LogP contribution in [0.5, 0.6) is 0 Å². The number of benzene rings is 1. The Hall–Kier alpha value is -0.460. The Kier molecular flexibility index (Phi) is 4.34. The first-order valence-corrected chi connectivity index (χ1v) is 5.14. The maximum Gasteiger partial charge on any atom is 0.0480 e. The lowest BCUT2D eigenvalue weighted by atomic mass is 10.1. The Bertz CT molecular complexity index is 303. The number of hydrogen-bond donors (Lipinski definition) is 0. The molecule has 0 nitrogen and oxygen atoms in total. The molecule has 0 aromatic heterocycles. The molecule has 0 N–H and O–H groups in total. The molecule has 0 saturated carbocycles. The summed E-state index contributed by atoms with van der Waals surface area (Å²) in [4.78, 5) is 0. The van der Waals surface area contributed by atoms with Crippen LogP contribution in [0.15, 0.2) is 30.3 Å². The Morgan fingerprint density at radius 3 is 2.69 bits per heavy atom. The van der Waals surface area contributed by atoms with Crippen molar-refractivity contribution >= 4 is 28.8 Å². The highest BCUT2D eigenvalue weighted by Crippen LogP contribution is 2.23. The molecule has 0 amide bonds. The molecule has 13 heavy (non-hydrogen) atoms. The van der Waals surface area contributed by atoms with Crippen molar-refractivity contribution in [1.82, 2.24) is 0 Å². The molecule has 70 valence electrons. The Balaban J connectivity index is 2.88. The van der Waals surface area contributed by atoms with Crippen molar-refractivity contribution in [3.63, 3.8) is 0 Å². The average molecular weight is 215 g/mol. The van der Waals surface area contributed by atoms with Crippen LogP contribution < -0.4 is 0 Å². The Morgan fingerprint density at radius 2 is 2.08 bits per heavy atom. The zero-order valence-corrected chi connectivity index (χ0v) is 9.07. The van der Waals surface area contributed by atoms with Gasteiger partial charge >= 0.3 is 0 Å². The largest absolute Gasteiger partial charge is 0.126 e. The molecule has 0 aliphatic rings. The highest BCUT2D eigenvalue weighted by molar-refractivity contribution is 6.32. The molecule has 0 unspecified atom stereocenters. The van der Waals surface area contributed by atoms with Crippen LogP contribution in [-0.4, -0.2) is 5.88 Å². The van der Waals surface area contributed by atoms with E-state index in [1.54, 1.807) is 0 Å². The van der Waals surface area contributed by atoms with Crippen molar-refractivity contribution in [2.24, 2.45) is 0 Å². The van der Waals surface area contributed by atoms with E-state index >= 15 is 0 Å². The lowest BCUT2D eigenvalue weighted by Gasteiger charge is -2.03. The number of hydrogen-bond acceptors (Lipinski definition) is 0. The van der Waals surface area contributed by atoms with E-state index < -0.39 is 0 Å². The van der Waals surface area contributed by atoms with E-state index in [9.17, 15) is 0 Å². The lowest BCUT2D eigenvalue weighted by Crippen LogP contribution is -1.81. The first-order chi connectivity index (χ1) is 6.25. The summed E-state index contributed by atoms with van der Waals surface area (Å²) in [5.41, 5.74) is 2.28. The van der Waals surface area contributed by atoms with Crippen molar-refractivity contribution in [3.8, 4) is 0 Å². The van der Waals surface area contributed by atoms with Crippen LogP contribution >= 0.6 is 23.2 Å². The molecule has 0 fully saturated rings. The van der Waals surface area contributed by atoms with E-state index in [0.29, 0.717) is 5.88 Å². The molecule has 1 rings (SSSR count). The summed E-state index contributed by atoms with van der Waals surface area (Å²) in [6.07, 6.45) is 2.99. The summed E-state index contributed by atoms with van der Waals surface area (Å²) < 4.78 is 0. The normalized spacial score (nSPS) is 11.8. The molecule has 1 aromatic rings. The first kappa shape index (κ1) is 10.6. The third-order valence-corrected chi connectivity index (χ3v) is 2.41. The maximum atomic E-state index is 6.02. The van der Waals surface area contributed by atoms with Gasteiger partial charge in [0.05, 0.1) is 0 Å². The van der Waals surface area contributed by atoms with Crippen molar-refractivity contribution in [2.45, 2.75) is 13.3 Å². The van der Waals surface area contributed by atoms with Gasteiger partial charge < -0.3 is 0 Å². The highest BCUT2D eigenvalue weighted by Gasteiger charge is 1.99. The fourth-order valence-electron chi connectivity index (χ4n) is 1.16. The highest BCUT2D eigenvalue weighted by atomic mass is 35.5. The van der Waals surface area contributed by atoms with E-state index in [1.807, 2.05) is 31.2 Å². The second kappa shape index (κ2) is 5.31. The minimum atomic E-state index is 0.655. The van der Waals surface area contributed by atoms with Gasteiger partial charge in [-0.1, -0.05) is 35.9 Å². The maximum absolute atomic E-state index is 6.02. The Labute approximate surface area is 89.2 Å². The lowest BCUT2D eigenvalue weighted by molar-refractivity contribution is 1.23. The molecule has 0 heterocycles. The minimum absolute atomic E-state index is 0.655. The second-order valence-electron chi connectivity index (χ2n) is 2.84. The third kappa shape index (κ3) is 3.06. The van der Waals surface area contributed by atoms with Gasteiger partial charge in [-0.25, -0.2) is 0 Å². The van der Waals surface area contributed by atoms with Crippen LogP contribution in [-0.2, 0) is 0 Å². The smallest absolute Gasteiger partial charge is 0.0480 e. The van der Waals surface area contributed by atoms with Gasteiger partial charge in [0.15, 0.2) is 0 Å². The quantitative estimate of drug-likeness (QED) is 0.656. The molecule has 0 aliphatic carbocycles. The van der Waals surface area contributed by atoms with E-state index in [4.69, 9.17) is 23.2 Å². The molecule has 0 atom stereocenters. The van der Waals surface area contributed by atoms with Gasteiger partial charge in [0, 0.05) is 10.9 Å². The molecule has 1 aromatic carbocycles. The summed E-state index contributed by atoms with van der Waals surface area (Å²) in [5.74, 6) is 0.655. The van der Waals surface area contributed by atoms with Crippen LogP contribution in [0.1, 0.15) is 18.9 Å². The van der Waals surface area contributed by atoms with Gasteiger partial charge in [0.25, 0.3) is 0 Å². The second-order valence-corrected chi connectivity index (χ2v) is 3.63. The SMILES string of the molecule is CC(=CCCCl)c1ccccc1Cl. The van der Waals surface area contributed by atoms with Gasteiger partial charge in [-0.3, -0.25) is 0 Å². The molecule has 0 spiro atoms. The predicted molar refractivity (Wildman–Crippen MR) is 60.4 cm³/mol. The van der Waals surface area contributed by atoms with Crippen LogP contribution in [0.25, 0.3) is 5.57 Å². The molecular weight excluding hydrogens is 203 g/mol. The van der Waals surface area contributed by atoms with Crippen molar-refractivity contribution < 1.29 is 0 Å². The van der Waals surface area contributed by atoms with E-state index in [1.165, 1.54) is 5.57 Å². The van der Waals surface area contributed by atoms with Gasteiger partial charge in [-0.15, -0.1) is 11.6 Å². The predicted octanol–water partition coefficient (Wildman–Crippen LogP) is 4.37. The van der Waals surface area contributed by atoms with E-state index in [0.717, 1.165) is 17.0 Å². The van der Waals surface area contributed by atoms with E-state index in [-0.39, 0.29) is 0 Å². The van der Waals surface area contributed by atoms with Gasteiger partial charge in [-0.05, 0) is 30.5 Å². The molecule has 0 saturated heterocycles. The molecular formula is C11H12Cl2. The average Bonchev–Trinajstić information content (AvgIpc) is 2.15. The fraction of sp³-hybridized carbons (Fsp3) is 0.273. The zero-order chi connectivity index (χ0) is 9.68. The number of rotatable bonds is 3.